The van der Waals surface area contributed by atoms with E-state index in [1.54, 1.807) is 65.6 Å². The smallest absolute Gasteiger partial charge is 0.323 e. The molecule has 0 radical (unpaired) electrons. The third kappa shape index (κ3) is 6.52. The highest BCUT2D eigenvalue weighted by Crippen LogP contribution is 2.47. The second-order valence-corrected chi connectivity index (χ2v) is 14.1. The van der Waals surface area contributed by atoms with Crippen molar-refractivity contribution in [3.8, 4) is 0 Å². The maximum Gasteiger partial charge on any atom is 0.323 e. The molecule has 4 atom stereocenters. The van der Waals surface area contributed by atoms with Gasteiger partial charge in [-0.3, -0.25) is 14.4 Å². The van der Waals surface area contributed by atoms with Crippen LogP contribution < -0.4 is 15.9 Å². The molecular weight excluding hydrogens is 641 g/mol. The van der Waals surface area contributed by atoms with Crippen molar-refractivity contribution in [2.45, 2.75) is 56.3 Å². The fraction of sp³-hybridized carbons (Fsp3) is 0.323. The number of fused-ring (bicyclic) bond motifs is 2. The third-order valence-corrected chi connectivity index (χ3v) is 9.68. The van der Waals surface area contributed by atoms with E-state index in [9.17, 15) is 22.8 Å². The van der Waals surface area contributed by atoms with Gasteiger partial charge in [0, 0.05) is 27.7 Å². The SMILES string of the molecule is CS(=O)(=O)N[C@H]1CCCC[C@@H]1N1C(=O)c2ccccc2[C@@H](C(=O)NOCc2ccc3[nH]c(=O)[nH]c3c2)[C@@H]1c1ccc(Cl)cc1Cl. The summed E-state index contributed by atoms with van der Waals surface area (Å²) in [6, 6.07) is 15.0. The summed E-state index contributed by atoms with van der Waals surface area (Å²) in [6.07, 6.45) is 3.71. The molecule has 45 heavy (non-hydrogen) atoms. The molecule has 236 valence electrons. The first-order valence-electron chi connectivity index (χ1n) is 14.5. The Balaban J connectivity index is 1.39. The Bertz CT molecular complexity index is 1940. The van der Waals surface area contributed by atoms with Crippen LogP contribution in [-0.4, -0.2) is 53.4 Å². The Kier molecular flexibility index (Phi) is 8.77. The number of H-pyrrole nitrogens is 2. The number of hydrogen-bond donors (Lipinski definition) is 4. The predicted octanol–water partition coefficient (Wildman–Crippen LogP) is 4.55. The average molecular weight is 673 g/mol. The number of amides is 2. The lowest BCUT2D eigenvalue weighted by Gasteiger charge is -2.49. The number of nitrogens with one attached hydrogen (secondary N) is 4. The lowest BCUT2D eigenvalue weighted by atomic mass is 9.76. The maximum absolute atomic E-state index is 14.4. The van der Waals surface area contributed by atoms with Gasteiger partial charge >= 0.3 is 5.69 Å². The molecule has 2 amide bonds. The molecule has 4 N–H and O–H groups in total. The molecule has 1 aliphatic carbocycles. The Morgan fingerprint density at radius 3 is 2.51 bits per heavy atom. The third-order valence-electron chi connectivity index (χ3n) is 8.38. The highest BCUT2D eigenvalue weighted by molar-refractivity contribution is 7.88. The minimum atomic E-state index is -3.60. The standard InChI is InChI=1S/C31H31Cl2N5O6S/c1-45(42,43)37-24-8-4-5-9-26(24)38-28(21-12-11-18(32)15-22(21)33)27(19-6-2-3-7-20(19)30(38)40)29(39)36-44-16-17-10-13-23-25(14-17)35-31(41)34-23/h2-3,6-7,10-15,24,26-28,37H,4-5,8-9,16H2,1H3,(H,36,39)(H2,34,35,41)/t24-,26-,27+,28-/m0/s1. The Morgan fingerprint density at radius 2 is 1.73 bits per heavy atom. The number of carbonyl (C=O) groups is 2. The summed E-state index contributed by atoms with van der Waals surface area (Å²) in [5.41, 5.74) is 5.52. The zero-order chi connectivity index (χ0) is 31.9. The molecule has 1 fully saturated rings. The number of aromatic nitrogens is 2. The van der Waals surface area contributed by atoms with Crippen molar-refractivity contribution >= 4 is 56.1 Å². The minimum Gasteiger partial charge on any atom is -0.326 e. The lowest BCUT2D eigenvalue weighted by molar-refractivity contribution is -0.138. The van der Waals surface area contributed by atoms with Gasteiger partial charge in [-0.15, -0.1) is 0 Å². The zero-order valence-electron chi connectivity index (χ0n) is 24.2. The number of nitrogens with zero attached hydrogens (tertiary/aromatic N) is 1. The second-order valence-electron chi connectivity index (χ2n) is 11.5. The van der Waals surface area contributed by atoms with E-state index < -0.39 is 40.0 Å². The maximum atomic E-state index is 14.4. The van der Waals surface area contributed by atoms with E-state index in [0.29, 0.717) is 51.2 Å². The molecule has 2 aliphatic rings. The number of imidazole rings is 1. The first kappa shape index (κ1) is 31.3. The number of sulfonamides is 1. The van der Waals surface area contributed by atoms with Gasteiger partial charge in [0.25, 0.3) is 11.8 Å². The van der Waals surface area contributed by atoms with Crippen molar-refractivity contribution in [2.24, 2.45) is 0 Å². The molecule has 1 saturated carbocycles. The normalized spacial score (nSPS) is 21.9. The summed E-state index contributed by atoms with van der Waals surface area (Å²) in [4.78, 5) is 52.8. The van der Waals surface area contributed by atoms with Gasteiger partial charge < -0.3 is 14.9 Å². The quantitative estimate of drug-likeness (QED) is 0.202. The van der Waals surface area contributed by atoms with Gasteiger partial charge in [0.2, 0.25) is 10.0 Å². The summed E-state index contributed by atoms with van der Waals surface area (Å²) in [5, 5.41) is 0.651. The molecule has 0 spiro atoms. The van der Waals surface area contributed by atoms with Crippen LogP contribution in [-0.2, 0) is 26.3 Å². The van der Waals surface area contributed by atoms with Crippen molar-refractivity contribution in [2.75, 3.05) is 6.26 Å². The molecule has 0 bridgehead atoms. The molecule has 14 heteroatoms. The van der Waals surface area contributed by atoms with Gasteiger partial charge in [-0.05, 0) is 59.9 Å². The van der Waals surface area contributed by atoms with Crippen molar-refractivity contribution in [1.82, 2.24) is 25.1 Å². The number of benzene rings is 3. The molecule has 1 aromatic heterocycles. The van der Waals surface area contributed by atoms with Crippen molar-refractivity contribution in [3.05, 3.63) is 103 Å². The fourth-order valence-corrected chi connectivity index (χ4v) is 7.90. The highest BCUT2D eigenvalue weighted by Gasteiger charge is 2.49. The first-order chi connectivity index (χ1) is 21.5. The van der Waals surface area contributed by atoms with Crippen LogP contribution in [0.2, 0.25) is 10.0 Å². The van der Waals surface area contributed by atoms with Crippen LogP contribution in [0.4, 0.5) is 0 Å². The van der Waals surface area contributed by atoms with Gasteiger partial charge in [0.15, 0.2) is 0 Å². The van der Waals surface area contributed by atoms with Crippen molar-refractivity contribution < 1.29 is 22.8 Å². The van der Waals surface area contributed by atoms with Crippen molar-refractivity contribution in [1.29, 1.82) is 0 Å². The van der Waals surface area contributed by atoms with E-state index in [0.717, 1.165) is 19.1 Å². The number of halogens is 2. The van der Waals surface area contributed by atoms with E-state index in [1.807, 2.05) is 0 Å². The van der Waals surface area contributed by atoms with Gasteiger partial charge in [-0.25, -0.2) is 23.4 Å². The topological polar surface area (TPSA) is 153 Å². The van der Waals surface area contributed by atoms with Gasteiger partial charge in [0.1, 0.15) is 0 Å². The Morgan fingerprint density at radius 1 is 0.978 bits per heavy atom. The van der Waals surface area contributed by atoms with Crippen LogP contribution >= 0.6 is 23.2 Å². The highest BCUT2D eigenvalue weighted by atomic mass is 35.5. The minimum absolute atomic E-state index is 0.00124. The van der Waals surface area contributed by atoms with Crippen LogP contribution in [0.5, 0.6) is 0 Å². The molecule has 0 unspecified atom stereocenters. The van der Waals surface area contributed by atoms with Gasteiger partial charge in [-0.2, -0.15) is 0 Å². The van der Waals surface area contributed by atoms with Crippen molar-refractivity contribution in [3.63, 3.8) is 0 Å². The largest absolute Gasteiger partial charge is 0.326 e. The Labute approximate surface area is 269 Å². The summed E-state index contributed by atoms with van der Waals surface area (Å²) in [7, 11) is -3.60. The van der Waals surface area contributed by atoms with Crippen LogP contribution in [0.1, 0.15) is 64.7 Å². The van der Waals surface area contributed by atoms with E-state index in [-0.39, 0.29) is 23.2 Å². The van der Waals surface area contributed by atoms with Crippen LogP contribution in [0.15, 0.2) is 65.5 Å². The summed E-state index contributed by atoms with van der Waals surface area (Å²) in [5.74, 6) is -1.81. The van der Waals surface area contributed by atoms with E-state index in [1.165, 1.54) is 0 Å². The zero-order valence-corrected chi connectivity index (χ0v) is 26.5. The van der Waals surface area contributed by atoms with Crippen LogP contribution in [0.3, 0.4) is 0 Å². The molecule has 11 nitrogen and oxygen atoms in total. The molecule has 0 saturated heterocycles. The monoisotopic (exact) mass is 671 g/mol. The number of rotatable bonds is 8. The number of carbonyl (C=O) groups excluding carboxylic acids is 2. The fourth-order valence-electron chi connectivity index (χ4n) is 6.55. The number of aromatic amines is 2. The van der Waals surface area contributed by atoms with E-state index in [4.69, 9.17) is 28.0 Å². The Hall–Kier alpha value is -3.68. The van der Waals surface area contributed by atoms with Crippen LogP contribution in [0.25, 0.3) is 11.0 Å². The average Bonchev–Trinajstić information content (AvgIpc) is 3.36. The number of hydrogen-bond acceptors (Lipinski definition) is 6. The summed E-state index contributed by atoms with van der Waals surface area (Å²) < 4.78 is 27.5. The predicted molar refractivity (Wildman–Crippen MR) is 170 cm³/mol. The van der Waals surface area contributed by atoms with Gasteiger partial charge in [0.05, 0.1) is 35.9 Å². The molecule has 4 aromatic rings. The van der Waals surface area contributed by atoms with E-state index in [2.05, 4.69) is 20.2 Å². The molecule has 3 aromatic carbocycles. The lowest BCUT2D eigenvalue weighted by Crippen LogP contribution is -2.59. The molecule has 1 aliphatic heterocycles. The second kappa shape index (κ2) is 12.6. The van der Waals surface area contributed by atoms with Crippen LogP contribution in [0, 0.1) is 0 Å². The molecular formula is C31H31Cl2N5O6S. The summed E-state index contributed by atoms with van der Waals surface area (Å²) in [6.45, 7) is 0.00124. The summed E-state index contributed by atoms with van der Waals surface area (Å²) >= 11 is 13.0. The first-order valence-corrected chi connectivity index (χ1v) is 17.1. The molecule has 6 rings (SSSR count). The van der Waals surface area contributed by atoms with Gasteiger partial charge in [-0.1, -0.05) is 66.4 Å². The number of hydroxylamine groups is 1. The molecule has 2 heterocycles. The van der Waals surface area contributed by atoms with E-state index >= 15 is 0 Å².